The van der Waals surface area contributed by atoms with Crippen LogP contribution in [0.3, 0.4) is 0 Å². The van der Waals surface area contributed by atoms with Crippen molar-refractivity contribution in [2.45, 2.75) is 13.0 Å². The fourth-order valence-electron chi connectivity index (χ4n) is 1.89. The lowest BCUT2D eigenvalue weighted by Crippen LogP contribution is -2.03. The molecule has 1 aromatic heterocycles. The van der Waals surface area contributed by atoms with E-state index in [2.05, 4.69) is 16.8 Å². The lowest BCUT2D eigenvalue weighted by Gasteiger charge is -2.04. The maximum Gasteiger partial charge on any atom is 0.119 e. The van der Waals surface area contributed by atoms with E-state index in [1.807, 2.05) is 26.1 Å². The summed E-state index contributed by atoms with van der Waals surface area (Å²) in [6.45, 7) is 1.99. The first-order chi connectivity index (χ1) is 7.13. The van der Waals surface area contributed by atoms with Gasteiger partial charge in [-0.15, -0.1) is 0 Å². The lowest BCUT2D eigenvalue weighted by molar-refractivity contribution is 0.415. The minimum atomic E-state index is 0.0424. The first-order valence-electron chi connectivity index (χ1n) is 5.02. The van der Waals surface area contributed by atoms with Crippen molar-refractivity contribution in [3.63, 3.8) is 0 Å². The van der Waals surface area contributed by atoms with Gasteiger partial charge in [-0.3, -0.25) is 0 Å². The summed E-state index contributed by atoms with van der Waals surface area (Å²) >= 11 is 0. The second kappa shape index (κ2) is 3.59. The van der Waals surface area contributed by atoms with E-state index in [1.165, 1.54) is 10.9 Å². The maximum atomic E-state index is 5.93. The molecule has 0 bridgehead atoms. The average Bonchev–Trinajstić information content (AvgIpc) is 2.56. The number of ether oxygens (including phenoxy) is 1. The summed E-state index contributed by atoms with van der Waals surface area (Å²) in [5.74, 6) is 0.871. The van der Waals surface area contributed by atoms with Crippen molar-refractivity contribution in [1.82, 2.24) is 4.57 Å². The van der Waals surface area contributed by atoms with Crippen molar-refractivity contribution in [3.8, 4) is 5.75 Å². The molecule has 2 N–H and O–H groups in total. The molecule has 0 fully saturated rings. The van der Waals surface area contributed by atoms with Crippen molar-refractivity contribution < 1.29 is 4.74 Å². The van der Waals surface area contributed by atoms with E-state index in [4.69, 9.17) is 10.5 Å². The van der Waals surface area contributed by atoms with Gasteiger partial charge in [-0.25, -0.2) is 0 Å². The third-order valence-electron chi connectivity index (χ3n) is 2.72. The summed E-state index contributed by atoms with van der Waals surface area (Å²) in [4.78, 5) is 0. The van der Waals surface area contributed by atoms with Crippen LogP contribution in [0.5, 0.6) is 5.75 Å². The molecule has 0 aliphatic carbocycles. The van der Waals surface area contributed by atoms with Crippen LogP contribution in [0.25, 0.3) is 10.9 Å². The number of fused-ring (bicyclic) bond motifs is 1. The molecule has 0 saturated heterocycles. The molecule has 3 heteroatoms. The second-order valence-corrected chi connectivity index (χ2v) is 3.87. The highest BCUT2D eigenvalue weighted by Gasteiger charge is 2.10. The SMILES string of the molecule is COc1ccc2c(c1)c(C(C)N)cn2C. The van der Waals surface area contributed by atoms with Crippen LogP contribution < -0.4 is 10.5 Å². The number of nitrogens with zero attached hydrogens (tertiary/aromatic N) is 1. The van der Waals surface area contributed by atoms with Crippen LogP contribution in [0.15, 0.2) is 24.4 Å². The van der Waals surface area contributed by atoms with Crippen molar-refractivity contribution in [3.05, 3.63) is 30.0 Å². The molecule has 0 aliphatic rings. The molecule has 1 heterocycles. The Balaban J connectivity index is 2.71. The fourth-order valence-corrected chi connectivity index (χ4v) is 1.89. The predicted molar refractivity (Wildman–Crippen MR) is 62.1 cm³/mol. The topological polar surface area (TPSA) is 40.2 Å². The van der Waals surface area contributed by atoms with Crippen molar-refractivity contribution in [2.24, 2.45) is 12.8 Å². The standard InChI is InChI=1S/C12H16N2O/c1-8(13)11-7-14(2)12-5-4-9(15-3)6-10(11)12/h4-8H,13H2,1-3H3. The molecule has 2 rings (SSSR count). The fraction of sp³-hybridized carbons (Fsp3) is 0.333. The quantitative estimate of drug-likeness (QED) is 0.814. The molecule has 0 saturated carbocycles. The number of nitrogens with two attached hydrogens (primary N) is 1. The Morgan fingerprint density at radius 1 is 1.40 bits per heavy atom. The highest BCUT2D eigenvalue weighted by molar-refractivity contribution is 5.85. The Kier molecular flexibility index (Phi) is 2.40. The van der Waals surface area contributed by atoms with E-state index in [0.717, 1.165) is 11.3 Å². The molecular formula is C12H16N2O. The van der Waals surface area contributed by atoms with Crippen molar-refractivity contribution >= 4 is 10.9 Å². The van der Waals surface area contributed by atoms with E-state index in [1.54, 1.807) is 7.11 Å². The number of hydrogen-bond donors (Lipinski definition) is 1. The minimum absolute atomic E-state index is 0.0424. The third kappa shape index (κ3) is 1.59. The number of aromatic nitrogens is 1. The van der Waals surface area contributed by atoms with Crippen LogP contribution in [0.4, 0.5) is 0 Å². The molecular weight excluding hydrogens is 188 g/mol. The molecule has 2 aromatic rings. The van der Waals surface area contributed by atoms with Gasteiger partial charge in [0.25, 0.3) is 0 Å². The van der Waals surface area contributed by atoms with Crippen molar-refractivity contribution in [2.75, 3.05) is 7.11 Å². The molecule has 1 aromatic carbocycles. The monoisotopic (exact) mass is 204 g/mol. The Labute approximate surface area is 89.4 Å². The molecule has 0 amide bonds. The predicted octanol–water partition coefficient (Wildman–Crippen LogP) is 2.21. The Hall–Kier alpha value is -1.48. The molecule has 0 radical (unpaired) electrons. The summed E-state index contributed by atoms with van der Waals surface area (Å²) in [6.07, 6.45) is 2.08. The second-order valence-electron chi connectivity index (χ2n) is 3.87. The first-order valence-corrected chi connectivity index (χ1v) is 5.02. The van der Waals surface area contributed by atoms with Crippen LogP contribution in [0, 0.1) is 0 Å². The van der Waals surface area contributed by atoms with Gasteiger partial charge in [-0.2, -0.15) is 0 Å². The van der Waals surface area contributed by atoms with E-state index in [9.17, 15) is 0 Å². The summed E-state index contributed by atoms with van der Waals surface area (Å²) in [6, 6.07) is 6.10. The summed E-state index contributed by atoms with van der Waals surface area (Å²) < 4.78 is 7.31. The van der Waals surface area contributed by atoms with Crippen LogP contribution >= 0.6 is 0 Å². The lowest BCUT2D eigenvalue weighted by atomic mass is 10.1. The molecule has 0 spiro atoms. The zero-order valence-electron chi connectivity index (χ0n) is 9.32. The molecule has 15 heavy (non-hydrogen) atoms. The summed E-state index contributed by atoms with van der Waals surface area (Å²) in [7, 11) is 3.70. The molecule has 1 atom stereocenters. The van der Waals surface area contributed by atoms with Gasteiger partial charge in [-0.1, -0.05) is 0 Å². The van der Waals surface area contributed by atoms with Crippen LogP contribution in [0.2, 0.25) is 0 Å². The van der Waals surface area contributed by atoms with Gasteiger partial charge >= 0.3 is 0 Å². The van der Waals surface area contributed by atoms with E-state index in [0.29, 0.717) is 0 Å². The summed E-state index contributed by atoms with van der Waals surface area (Å²) in [5.41, 5.74) is 8.27. The zero-order chi connectivity index (χ0) is 11.0. The van der Waals surface area contributed by atoms with Gasteiger partial charge in [0.2, 0.25) is 0 Å². The minimum Gasteiger partial charge on any atom is -0.497 e. The highest BCUT2D eigenvalue weighted by atomic mass is 16.5. The van der Waals surface area contributed by atoms with E-state index in [-0.39, 0.29) is 6.04 Å². The van der Waals surface area contributed by atoms with Gasteiger partial charge in [0.05, 0.1) is 7.11 Å². The van der Waals surface area contributed by atoms with Crippen LogP contribution in [-0.4, -0.2) is 11.7 Å². The maximum absolute atomic E-state index is 5.93. The van der Waals surface area contributed by atoms with Gasteiger partial charge in [-0.05, 0) is 30.7 Å². The number of aryl methyl sites for hydroxylation is 1. The normalized spacial score (nSPS) is 13.1. The Bertz CT molecular complexity index is 486. The van der Waals surface area contributed by atoms with Crippen molar-refractivity contribution in [1.29, 1.82) is 0 Å². The first kappa shape index (κ1) is 10.1. The van der Waals surface area contributed by atoms with Crippen LogP contribution in [-0.2, 0) is 7.05 Å². The largest absolute Gasteiger partial charge is 0.497 e. The van der Waals surface area contributed by atoms with E-state index < -0.39 is 0 Å². The number of rotatable bonds is 2. The Morgan fingerprint density at radius 3 is 2.73 bits per heavy atom. The Morgan fingerprint density at radius 2 is 2.13 bits per heavy atom. The highest BCUT2D eigenvalue weighted by Crippen LogP contribution is 2.28. The van der Waals surface area contributed by atoms with Gasteiger partial charge in [0.15, 0.2) is 0 Å². The third-order valence-corrected chi connectivity index (χ3v) is 2.72. The molecule has 1 unspecified atom stereocenters. The van der Waals surface area contributed by atoms with E-state index >= 15 is 0 Å². The summed E-state index contributed by atoms with van der Waals surface area (Å²) in [5, 5.41) is 1.17. The molecule has 80 valence electrons. The molecule has 3 nitrogen and oxygen atoms in total. The van der Waals surface area contributed by atoms with Gasteiger partial charge < -0.3 is 15.0 Å². The smallest absolute Gasteiger partial charge is 0.119 e. The van der Waals surface area contributed by atoms with Crippen LogP contribution in [0.1, 0.15) is 18.5 Å². The zero-order valence-corrected chi connectivity index (χ0v) is 9.32. The van der Waals surface area contributed by atoms with Gasteiger partial charge in [0.1, 0.15) is 5.75 Å². The number of benzene rings is 1. The molecule has 0 aliphatic heterocycles. The number of hydrogen-bond acceptors (Lipinski definition) is 2. The number of methoxy groups -OCH3 is 1. The average molecular weight is 204 g/mol. The van der Waals surface area contributed by atoms with Gasteiger partial charge in [0, 0.05) is 30.2 Å².